The summed E-state index contributed by atoms with van der Waals surface area (Å²) in [5.41, 5.74) is -3.44. The quantitative estimate of drug-likeness (QED) is 0.869. The predicted molar refractivity (Wildman–Crippen MR) is 91.5 cm³/mol. The molecule has 2 heterocycles. The van der Waals surface area contributed by atoms with Crippen LogP contribution in [0.4, 0.5) is 0 Å². The number of hydrogen-bond donors (Lipinski definition) is 1. The van der Waals surface area contributed by atoms with E-state index in [0.717, 1.165) is 0 Å². The molecule has 0 aromatic heterocycles. The molecular weight excluding hydrogens is 348 g/mol. The Morgan fingerprint density at radius 2 is 1.78 bits per heavy atom. The number of benzene rings is 1. The zero-order valence-electron chi connectivity index (χ0n) is 15.4. The molecule has 1 N–H and O–H groups in total. The molecule has 0 saturated carbocycles. The minimum Gasteiger partial charge on any atom is -0.493 e. The molecule has 0 spiro atoms. The second kappa shape index (κ2) is 5.87. The Balaban J connectivity index is 2.37. The molecule has 1 aromatic rings. The molecule has 2 bridgehead atoms. The molecule has 0 aliphatic carbocycles. The van der Waals surface area contributed by atoms with Gasteiger partial charge < -0.3 is 18.9 Å². The van der Waals surface area contributed by atoms with E-state index >= 15 is 0 Å². The number of nitrogens with zero attached hydrogens (tertiary/aromatic N) is 3. The van der Waals surface area contributed by atoms with Gasteiger partial charge in [0.15, 0.2) is 16.9 Å². The molecule has 138 valence electrons. The summed E-state index contributed by atoms with van der Waals surface area (Å²) in [6, 6.07) is 11.0. The first-order valence-electron chi connectivity index (χ1n) is 8.22. The van der Waals surface area contributed by atoms with E-state index in [1.54, 1.807) is 32.0 Å². The van der Waals surface area contributed by atoms with Crippen LogP contribution in [0.25, 0.3) is 0 Å². The van der Waals surface area contributed by atoms with Gasteiger partial charge in [0.05, 0.1) is 38.3 Å². The van der Waals surface area contributed by atoms with Crippen LogP contribution in [0.2, 0.25) is 0 Å². The van der Waals surface area contributed by atoms with E-state index in [0.29, 0.717) is 11.3 Å². The van der Waals surface area contributed by atoms with Gasteiger partial charge in [0, 0.05) is 12.5 Å². The highest BCUT2D eigenvalue weighted by Gasteiger charge is 2.78. The van der Waals surface area contributed by atoms with Gasteiger partial charge in [-0.1, -0.05) is 19.1 Å². The molecule has 4 atom stereocenters. The molecule has 2 saturated heterocycles. The lowest BCUT2D eigenvalue weighted by atomic mass is 9.54. The summed E-state index contributed by atoms with van der Waals surface area (Å²) in [7, 11) is 2.90. The Labute approximate surface area is 156 Å². The molecule has 2 aliphatic heterocycles. The lowest BCUT2D eigenvalue weighted by Crippen LogP contribution is -2.57. The summed E-state index contributed by atoms with van der Waals surface area (Å²) < 4.78 is 22.4. The van der Waals surface area contributed by atoms with Crippen molar-refractivity contribution in [2.24, 2.45) is 16.7 Å². The second-order valence-electron chi connectivity index (χ2n) is 6.70. The van der Waals surface area contributed by atoms with Crippen molar-refractivity contribution in [2.75, 3.05) is 14.2 Å². The van der Waals surface area contributed by atoms with Crippen molar-refractivity contribution < 1.29 is 18.9 Å². The summed E-state index contributed by atoms with van der Waals surface area (Å²) in [6.45, 7) is 3.25. The maximum atomic E-state index is 10.1. The van der Waals surface area contributed by atoms with Crippen LogP contribution in [-0.4, -0.2) is 25.9 Å². The van der Waals surface area contributed by atoms with Gasteiger partial charge in [0.1, 0.15) is 6.10 Å². The molecule has 1 aromatic carbocycles. The molecule has 3 rings (SSSR count). The minimum atomic E-state index is -2.02. The third kappa shape index (κ3) is 1.95. The number of methoxy groups -OCH3 is 2. The highest BCUT2D eigenvalue weighted by atomic mass is 16.7. The van der Waals surface area contributed by atoms with Crippen LogP contribution in [0.15, 0.2) is 18.2 Å². The topological polar surface area (TPSA) is 132 Å². The zero-order chi connectivity index (χ0) is 20.0. The lowest BCUT2D eigenvalue weighted by molar-refractivity contribution is -0.269. The van der Waals surface area contributed by atoms with Crippen LogP contribution in [0.3, 0.4) is 0 Å². The minimum absolute atomic E-state index is 0.289. The van der Waals surface area contributed by atoms with Gasteiger partial charge in [-0.15, -0.1) is 0 Å². The van der Waals surface area contributed by atoms with Gasteiger partial charge >= 0.3 is 0 Å². The highest BCUT2D eigenvalue weighted by molar-refractivity contribution is 5.89. The number of ether oxygens (including phenoxy) is 4. The van der Waals surface area contributed by atoms with Gasteiger partial charge in [0.25, 0.3) is 0 Å². The number of para-hydroxylation sites is 1. The van der Waals surface area contributed by atoms with Crippen LogP contribution < -0.4 is 9.47 Å². The first kappa shape index (κ1) is 18.5. The molecule has 0 amide bonds. The van der Waals surface area contributed by atoms with Crippen molar-refractivity contribution in [3.8, 4) is 29.7 Å². The predicted octanol–water partition coefficient (Wildman–Crippen LogP) is 2.68. The van der Waals surface area contributed by atoms with E-state index < -0.39 is 34.5 Å². The third-order valence-electron chi connectivity index (χ3n) is 5.71. The van der Waals surface area contributed by atoms with Gasteiger partial charge in [-0.25, -0.2) is 0 Å². The second-order valence-corrected chi connectivity index (χ2v) is 6.70. The Morgan fingerprint density at radius 1 is 1.11 bits per heavy atom. The van der Waals surface area contributed by atoms with Crippen LogP contribution in [-0.2, 0) is 9.47 Å². The molecule has 4 unspecified atom stereocenters. The van der Waals surface area contributed by atoms with Gasteiger partial charge in [-0.3, -0.25) is 5.41 Å². The third-order valence-corrected chi connectivity index (χ3v) is 5.71. The SMILES string of the molecule is COc1cccc(C2OC3(C)OC(=N)C(C#N)(C3C)C2(C#N)C#N)c1OC. The maximum absolute atomic E-state index is 10.1. The standard InChI is InChI=1S/C19H18N4O4/c1-11-17(2)26-15(12-6-5-7-13(24-3)14(12)25-4)18(8-20,9-21)19(11,10-22)16(23)27-17/h5-7,11,15,23H,1-4H3. The highest BCUT2D eigenvalue weighted by Crippen LogP contribution is 2.67. The van der Waals surface area contributed by atoms with Crippen molar-refractivity contribution in [1.82, 2.24) is 0 Å². The fraction of sp³-hybridized carbons (Fsp3) is 0.474. The van der Waals surface area contributed by atoms with Crippen molar-refractivity contribution >= 4 is 5.90 Å². The maximum Gasteiger partial charge on any atom is 0.214 e. The summed E-state index contributed by atoms with van der Waals surface area (Å²) >= 11 is 0. The van der Waals surface area contributed by atoms with E-state index in [-0.39, 0.29) is 5.75 Å². The Bertz CT molecular complexity index is 926. The largest absolute Gasteiger partial charge is 0.493 e. The molecule has 2 fully saturated rings. The fourth-order valence-corrected chi connectivity index (χ4v) is 4.11. The number of nitriles is 3. The monoisotopic (exact) mass is 366 g/mol. The van der Waals surface area contributed by atoms with Crippen LogP contribution in [0, 0.1) is 56.2 Å². The summed E-state index contributed by atoms with van der Waals surface area (Å²) in [5, 5.41) is 38.5. The van der Waals surface area contributed by atoms with Crippen LogP contribution >= 0.6 is 0 Å². The average Bonchev–Trinajstić information content (AvgIpc) is 2.82. The van der Waals surface area contributed by atoms with Gasteiger partial charge in [0.2, 0.25) is 17.1 Å². The van der Waals surface area contributed by atoms with Crippen LogP contribution in [0.5, 0.6) is 11.5 Å². The Hall–Kier alpha value is -3.28. The summed E-state index contributed by atoms with van der Waals surface area (Å²) in [5.74, 6) is -1.82. The first-order valence-corrected chi connectivity index (χ1v) is 8.22. The van der Waals surface area contributed by atoms with Gasteiger partial charge in [-0.05, 0) is 6.07 Å². The van der Waals surface area contributed by atoms with Crippen molar-refractivity contribution in [3.63, 3.8) is 0 Å². The van der Waals surface area contributed by atoms with Gasteiger partial charge in [-0.2, -0.15) is 15.8 Å². The van der Waals surface area contributed by atoms with E-state index in [1.807, 2.05) is 18.2 Å². The normalized spacial score (nSPS) is 33.1. The molecule has 8 heteroatoms. The van der Waals surface area contributed by atoms with E-state index in [1.165, 1.54) is 14.2 Å². The first-order chi connectivity index (χ1) is 12.8. The number of nitrogens with one attached hydrogen (secondary N) is 1. The Kier molecular flexibility index (Phi) is 4.03. The number of rotatable bonds is 3. The molecule has 27 heavy (non-hydrogen) atoms. The van der Waals surface area contributed by atoms with Crippen molar-refractivity contribution in [2.45, 2.75) is 25.7 Å². The number of hydrogen-bond acceptors (Lipinski definition) is 8. The van der Waals surface area contributed by atoms with Crippen molar-refractivity contribution in [3.05, 3.63) is 23.8 Å². The van der Waals surface area contributed by atoms with E-state index in [9.17, 15) is 15.8 Å². The summed E-state index contributed by atoms with van der Waals surface area (Å²) in [6.07, 6.45) is -1.19. The molecular formula is C19H18N4O4. The van der Waals surface area contributed by atoms with Crippen LogP contribution in [0.1, 0.15) is 25.5 Å². The molecule has 0 radical (unpaired) electrons. The van der Waals surface area contributed by atoms with E-state index in [4.69, 9.17) is 24.4 Å². The van der Waals surface area contributed by atoms with Crippen molar-refractivity contribution in [1.29, 1.82) is 21.2 Å². The smallest absolute Gasteiger partial charge is 0.214 e. The summed E-state index contributed by atoms with van der Waals surface area (Å²) in [4.78, 5) is 0. The average molecular weight is 366 g/mol. The molecule has 8 nitrogen and oxygen atoms in total. The fourth-order valence-electron chi connectivity index (χ4n) is 4.11. The lowest BCUT2D eigenvalue weighted by Gasteiger charge is -2.47. The number of fused-ring (bicyclic) bond motifs is 2. The zero-order valence-corrected chi connectivity index (χ0v) is 15.4. The molecule has 2 aliphatic rings. The Morgan fingerprint density at radius 3 is 2.30 bits per heavy atom. The van der Waals surface area contributed by atoms with E-state index in [2.05, 4.69) is 0 Å².